The van der Waals surface area contributed by atoms with E-state index in [4.69, 9.17) is 0 Å². The summed E-state index contributed by atoms with van der Waals surface area (Å²) in [6, 6.07) is 4.78. The SMILES string of the molecule is COC(=O)c1cc(NC2CCCN(C)C2)ccc1F. The highest BCUT2D eigenvalue weighted by Crippen LogP contribution is 2.19. The van der Waals surface area contributed by atoms with E-state index >= 15 is 0 Å². The van der Waals surface area contributed by atoms with Crippen molar-refractivity contribution in [2.24, 2.45) is 0 Å². The Kier molecular flexibility index (Phi) is 4.37. The Morgan fingerprint density at radius 3 is 3.00 bits per heavy atom. The molecule has 1 heterocycles. The number of hydrogen-bond acceptors (Lipinski definition) is 4. The fourth-order valence-corrected chi connectivity index (χ4v) is 2.40. The van der Waals surface area contributed by atoms with Crippen molar-refractivity contribution in [3.63, 3.8) is 0 Å². The molecular formula is C14H19FN2O2. The van der Waals surface area contributed by atoms with Gasteiger partial charge < -0.3 is 15.0 Å². The monoisotopic (exact) mass is 266 g/mol. The van der Waals surface area contributed by atoms with Crippen LogP contribution in [0.25, 0.3) is 0 Å². The average Bonchev–Trinajstić information content (AvgIpc) is 2.40. The first kappa shape index (κ1) is 13.8. The Hall–Kier alpha value is -1.62. The Morgan fingerprint density at radius 2 is 2.32 bits per heavy atom. The lowest BCUT2D eigenvalue weighted by atomic mass is 10.1. The minimum Gasteiger partial charge on any atom is -0.465 e. The Balaban J connectivity index is 2.10. The molecule has 1 fully saturated rings. The zero-order valence-electron chi connectivity index (χ0n) is 11.3. The van der Waals surface area contributed by atoms with Gasteiger partial charge in [-0.05, 0) is 44.6 Å². The van der Waals surface area contributed by atoms with Crippen molar-refractivity contribution in [1.29, 1.82) is 0 Å². The van der Waals surface area contributed by atoms with Gasteiger partial charge in [-0.1, -0.05) is 0 Å². The van der Waals surface area contributed by atoms with Crippen LogP contribution < -0.4 is 5.32 Å². The third kappa shape index (κ3) is 3.44. The zero-order chi connectivity index (χ0) is 13.8. The Bertz CT molecular complexity index is 465. The lowest BCUT2D eigenvalue weighted by molar-refractivity contribution is 0.0595. The van der Waals surface area contributed by atoms with Gasteiger partial charge in [-0.3, -0.25) is 0 Å². The second-order valence-corrected chi connectivity index (χ2v) is 4.93. The molecule has 0 aliphatic carbocycles. The number of carbonyl (C=O) groups is 1. The number of rotatable bonds is 3. The first-order valence-electron chi connectivity index (χ1n) is 6.43. The number of esters is 1. The number of carbonyl (C=O) groups excluding carboxylic acids is 1. The van der Waals surface area contributed by atoms with Crippen molar-refractivity contribution in [2.45, 2.75) is 18.9 Å². The largest absolute Gasteiger partial charge is 0.465 e. The molecule has 1 N–H and O–H groups in total. The molecular weight excluding hydrogens is 247 g/mol. The smallest absolute Gasteiger partial charge is 0.340 e. The van der Waals surface area contributed by atoms with Crippen molar-refractivity contribution in [2.75, 3.05) is 32.6 Å². The molecule has 0 saturated carbocycles. The Morgan fingerprint density at radius 1 is 1.53 bits per heavy atom. The van der Waals surface area contributed by atoms with Crippen LogP contribution >= 0.6 is 0 Å². The molecule has 2 rings (SSSR count). The van der Waals surface area contributed by atoms with Crippen LogP contribution in [0.1, 0.15) is 23.2 Å². The van der Waals surface area contributed by atoms with Crippen molar-refractivity contribution in [3.05, 3.63) is 29.6 Å². The first-order valence-corrected chi connectivity index (χ1v) is 6.43. The Labute approximate surface area is 112 Å². The number of hydrogen-bond donors (Lipinski definition) is 1. The van der Waals surface area contributed by atoms with E-state index in [1.807, 2.05) is 0 Å². The van der Waals surface area contributed by atoms with Crippen LogP contribution in [0.2, 0.25) is 0 Å². The highest BCUT2D eigenvalue weighted by Gasteiger charge is 2.18. The third-order valence-corrected chi connectivity index (χ3v) is 3.37. The second kappa shape index (κ2) is 6.02. The number of benzene rings is 1. The molecule has 1 saturated heterocycles. The van der Waals surface area contributed by atoms with Crippen LogP contribution in [-0.4, -0.2) is 44.2 Å². The van der Waals surface area contributed by atoms with Crippen LogP contribution in [0, 0.1) is 5.82 Å². The summed E-state index contributed by atoms with van der Waals surface area (Å²) >= 11 is 0. The second-order valence-electron chi connectivity index (χ2n) is 4.93. The minimum atomic E-state index is -0.651. The number of piperidine rings is 1. The van der Waals surface area contributed by atoms with Gasteiger partial charge in [0.1, 0.15) is 5.82 Å². The van der Waals surface area contributed by atoms with Crippen molar-refractivity contribution in [1.82, 2.24) is 4.90 Å². The molecule has 0 bridgehead atoms. The van der Waals surface area contributed by atoms with Crippen LogP contribution in [-0.2, 0) is 4.74 Å². The van der Waals surface area contributed by atoms with E-state index in [9.17, 15) is 9.18 Å². The summed E-state index contributed by atoms with van der Waals surface area (Å²) in [7, 11) is 3.33. The number of likely N-dealkylation sites (tertiary alicyclic amines) is 1. The average molecular weight is 266 g/mol. The van der Waals surface area contributed by atoms with E-state index in [0.29, 0.717) is 6.04 Å². The summed E-state index contributed by atoms with van der Waals surface area (Å²) in [5.41, 5.74) is 0.721. The lowest BCUT2D eigenvalue weighted by Gasteiger charge is -2.31. The van der Waals surface area contributed by atoms with Gasteiger partial charge in [0.2, 0.25) is 0 Å². The van der Waals surface area contributed by atoms with Crippen LogP contribution in [0.4, 0.5) is 10.1 Å². The van der Waals surface area contributed by atoms with Gasteiger partial charge in [-0.2, -0.15) is 0 Å². The van der Waals surface area contributed by atoms with Crippen molar-refractivity contribution >= 4 is 11.7 Å². The van der Waals surface area contributed by atoms with E-state index in [1.165, 1.54) is 19.2 Å². The van der Waals surface area contributed by atoms with Crippen LogP contribution in [0.15, 0.2) is 18.2 Å². The minimum absolute atomic E-state index is 0.0309. The molecule has 0 aromatic heterocycles. The van der Waals surface area contributed by atoms with Gasteiger partial charge in [-0.15, -0.1) is 0 Å². The maximum atomic E-state index is 13.5. The van der Waals surface area contributed by atoms with E-state index in [2.05, 4.69) is 22.0 Å². The predicted molar refractivity (Wildman–Crippen MR) is 71.9 cm³/mol. The first-order chi connectivity index (χ1) is 9.10. The maximum Gasteiger partial charge on any atom is 0.340 e. The van der Waals surface area contributed by atoms with Crippen LogP contribution in [0.3, 0.4) is 0 Å². The summed E-state index contributed by atoms with van der Waals surface area (Å²) in [4.78, 5) is 13.7. The van der Waals surface area contributed by atoms with Gasteiger partial charge in [0.25, 0.3) is 0 Å². The molecule has 1 aliphatic rings. The molecule has 4 nitrogen and oxygen atoms in total. The van der Waals surface area contributed by atoms with Crippen molar-refractivity contribution in [3.8, 4) is 0 Å². The molecule has 1 aliphatic heterocycles. The number of nitrogens with one attached hydrogen (secondary N) is 1. The molecule has 1 unspecified atom stereocenters. The summed E-state index contributed by atoms with van der Waals surface area (Å²) in [5, 5.41) is 3.34. The molecule has 0 radical (unpaired) electrons. The van der Waals surface area contributed by atoms with Gasteiger partial charge in [0.05, 0.1) is 12.7 Å². The number of nitrogens with zero attached hydrogens (tertiary/aromatic N) is 1. The van der Waals surface area contributed by atoms with Gasteiger partial charge in [-0.25, -0.2) is 9.18 Å². The fourth-order valence-electron chi connectivity index (χ4n) is 2.40. The summed E-state index contributed by atoms with van der Waals surface area (Å²) < 4.78 is 18.1. The molecule has 1 aromatic carbocycles. The van der Waals surface area contributed by atoms with E-state index < -0.39 is 11.8 Å². The highest BCUT2D eigenvalue weighted by atomic mass is 19.1. The summed E-state index contributed by atoms with van der Waals surface area (Å²) in [6.07, 6.45) is 2.22. The summed E-state index contributed by atoms with van der Waals surface area (Å²) in [6.45, 7) is 2.06. The number of anilines is 1. The number of methoxy groups -OCH3 is 1. The molecule has 0 spiro atoms. The van der Waals surface area contributed by atoms with Crippen LogP contribution in [0.5, 0.6) is 0 Å². The molecule has 0 amide bonds. The number of ether oxygens (including phenoxy) is 1. The lowest BCUT2D eigenvalue weighted by Crippen LogP contribution is -2.39. The van der Waals surface area contributed by atoms with E-state index in [-0.39, 0.29) is 5.56 Å². The quantitative estimate of drug-likeness (QED) is 0.851. The molecule has 104 valence electrons. The summed E-state index contributed by atoms with van der Waals surface area (Å²) in [5.74, 6) is -1.21. The molecule has 1 aromatic rings. The van der Waals surface area contributed by atoms with Gasteiger partial charge in [0.15, 0.2) is 0 Å². The molecule has 5 heteroatoms. The third-order valence-electron chi connectivity index (χ3n) is 3.37. The predicted octanol–water partition coefficient (Wildman–Crippen LogP) is 2.12. The standard InChI is InChI=1S/C14H19FN2O2/c1-17-7-3-4-11(9-17)16-10-5-6-13(15)12(8-10)14(18)19-2/h5-6,8,11,16H,3-4,7,9H2,1-2H3. The van der Waals surface area contributed by atoms with Gasteiger partial charge in [0, 0.05) is 18.3 Å². The molecule has 1 atom stereocenters. The normalized spacial score (nSPS) is 20.1. The topological polar surface area (TPSA) is 41.6 Å². The maximum absolute atomic E-state index is 13.5. The number of halogens is 1. The number of likely N-dealkylation sites (N-methyl/N-ethyl adjacent to an activating group) is 1. The van der Waals surface area contributed by atoms with Crippen molar-refractivity contribution < 1.29 is 13.9 Å². The van der Waals surface area contributed by atoms with E-state index in [1.54, 1.807) is 6.07 Å². The van der Waals surface area contributed by atoms with Gasteiger partial charge >= 0.3 is 5.97 Å². The highest BCUT2D eigenvalue weighted by molar-refractivity contribution is 5.90. The molecule has 19 heavy (non-hydrogen) atoms. The zero-order valence-corrected chi connectivity index (χ0v) is 11.3. The fraction of sp³-hybridized carbons (Fsp3) is 0.500. The van der Waals surface area contributed by atoms with E-state index in [0.717, 1.165) is 31.6 Å².